The Hall–Kier alpha value is -1.45. The van der Waals surface area contributed by atoms with Gasteiger partial charge in [-0.05, 0) is 50.9 Å². The molecule has 3 fully saturated rings. The molecule has 0 saturated heterocycles. The molecule has 0 bridgehead atoms. The molecule has 2 unspecified atom stereocenters. The van der Waals surface area contributed by atoms with E-state index in [1.807, 2.05) is 6.33 Å². The molecule has 0 amide bonds. The summed E-state index contributed by atoms with van der Waals surface area (Å²) in [6.07, 6.45) is 15.8. The summed E-state index contributed by atoms with van der Waals surface area (Å²) in [5, 5.41) is 0. The number of hydrogen-bond donors (Lipinski definition) is 0. The number of aryl methyl sites for hydroxylation is 1. The van der Waals surface area contributed by atoms with E-state index in [9.17, 15) is 0 Å². The highest BCUT2D eigenvalue weighted by molar-refractivity contribution is 5.73. The van der Waals surface area contributed by atoms with Crippen molar-refractivity contribution in [1.82, 2.24) is 19.5 Å². The molecule has 3 aliphatic carbocycles. The molecule has 0 N–H and O–H groups in total. The topological polar surface area (TPSA) is 43.6 Å². The smallest absolute Gasteiger partial charge is 0.164 e. The Balaban J connectivity index is 0.000000204. The Labute approximate surface area is 157 Å². The molecule has 2 heterocycles. The molecule has 3 aliphatic rings. The molecule has 5 rings (SSSR count). The third kappa shape index (κ3) is 3.94. The van der Waals surface area contributed by atoms with E-state index in [1.54, 1.807) is 0 Å². The monoisotopic (exact) mass is 354 g/mol. The summed E-state index contributed by atoms with van der Waals surface area (Å²) in [5.74, 6) is 3.51. The van der Waals surface area contributed by atoms with Crippen LogP contribution in [0.4, 0.5) is 0 Å². The molecule has 3 saturated carbocycles. The van der Waals surface area contributed by atoms with Gasteiger partial charge in [0.1, 0.15) is 11.3 Å². The minimum atomic E-state index is 0.585. The Morgan fingerprint density at radius 2 is 1.65 bits per heavy atom. The maximum absolute atomic E-state index is 4.82. The fourth-order valence-electron chi connectivity index (χ4n) is 4.61. The van der Waals surface area contributed by atoms with Crippen LogP contribution in [0.2, 0.25) is 0 Å². The predicted octanol–water partition coefficient (Wildman–Crippen LogP) is 5.96. The Bertz CT molecular complexity index is 740. The average Bonchev–Trinajstić information content (AvgIpc) is 3.26. The van der Waals surface area contributed by atoms with Crippen molar-refractivity contribution >= 4 is 11.2 Å². The standard InChI is InChI=1S/C15H20N4.C7H14/c1-9-3-6-12(7-9)19-8-16-13-10(2)17-14(11-4-5-11)18-15(13)19;1-7-5-3-2-4-6-7/h8-9,11-12H,3-7H2,1-2H3;7H,2-6H2,1H3. The summed E-state index contributed by atoms with van der Waals surface area (Å²) in [7, 11) is 0. The number of hydrogen-bond acceptors (Lipinski definition) is 3. The molecule has 4 nitrogen and oxygen atoms in total. The van der Waals surface area contributed by atoms with Crippen LogP contribution in [0, 0.1) is 18.8 Å². The largest absolute Gasteiger partial charge is 0.312 e. The van der Waals surface area contributed by atoms with Gasteiger partial charge < -0.3 is 4.57 Å². The van der Waals surface area contributed by atoms with Gasteiger partial charge in [-0.2, -0.15) is 0 Å². The molecule has 0 aliphatic heterocycles. The van der Waals surface area contributed by atoms with Crippen molar-refractivity contribution in [3.05, 3.63) is 17.8 Å². The SMILES string of the molecule is CC1CCCCC1.Cc1nc(C2CC2)nc2c1ncn2C1CCC(C)C1. The Morgan fingerprint density at radius 1 is 0.885 bits per heavy atom. The number of fused-ring (bicyclic) bond motifs is 1. The van der Waals surface area contributed by atoms with Gasteiger partial charge in [0.25, 0.3) is 0 Å². The van der Waals surface area contributed by atoms with Gasteiger partial charge in [-0.1, -0.05) is 46.0 Å². The summed E-state index contributed by atoms with van der Waals surface area (Å²) >= 11 is 0. The molecule has 0 radical (unpaired) electrons. The Morgan fingerprint density at radius 3 is 2.23 bits per heavy atom. The van der Waals surface area contributed by atoms with Crippen LogP contribution in [0.3, 0.4) is 0 Å². The van der Waals surface area contributed by atoms with Gasteiger partial charge in [-0.15, -0.1) is 0 Å². The lowest BCUT2D eigenvalue weighted by molar-refractivity contribution is 0.385. The van der Waals surface area contributed by atoms with Crippen molar-refractivity contribution in [2.24, 2.45) is 11.8 Å². The third-order valence-electron chi connectivity index (χ3n) is 6.51. The highest BCUT2D eigenvalue weighted by Crippen LogP contribution is 2.40. The summed E-state index contributed by atoms with van der Waals surface area (Å²) in [6, 6.07) is 0.585. The van der Waals surface area contributed by atoms with Crippen LogP contribution >= 0.6 is 0 Å². The van der Waals surface area contributed by atoms with E-state index >= 15 is 0 Å². The van der Waals surface area contributed by atoms with Crippen LogP contribution in [0.15, 0.2) is 6.33 Å². The van der Waals surface area contributed by atoms with Gasteiger partial charge >= 0.3 is 0 Å². The third-order valence-corrected chi connectivity index (χ3v) is 6.51. The first kappa shape index (κ1) is 17.9. The van der Waals surface area contributed by atoms with Crippen molar-refractivity contribution < 1.29 is 0 Å². The summed E-state index contributed by atoms with van der Waals surface area (Å²) in [4.78, 5) is 14.0. The van der Waals surface area contributed by atoms with Gasteiger partial charge in [0.05, 0.1) is 12.0 Å². The van der Waals surface area contributed by atoms with E-state index in [2.05, 4.69) is 35.3 Å². The summed E-state index contributed by atoms with van der Waals surface area (Å²) in [5.41, 5.74) is 3.09. The molecular weight excluding hydrogens is 320 g/mol. The second-order valence-electron chi connectivity index (χ2n) is 9.08. The van der Waals surface area contributed by atoms with E-state index in [-0.39, 0.29) is 0 Å². The normalized spacial score (nSPS) is 26.7. The van der Waals surface area contributed by atoms with Crippen molar-refractivity contribution in [1.29, 1.82) is 0 Å². The van der Waals surface area contributed by atoms with Crippen LogP contribution in [-0.2, 0) is 0 Å². The lowest BCUT2D eigenvalue weighted by Crippen LogP contribution is -2.06. The minimum absolute atomic E-state index is 0.585. The number of nitrogens with zero attached hydrogens (tertiary/aromatic N) is 4. The van der Waals surface area contributed by atoms with Crippen LogP contribution in [0.25, 0.3) is 11.2 Å². The number of imidazole rings is 1. The highest BCUT2D eigenvalue weighted by atomic mass is 15.1. The van der Waals surface area contributed by atoms with Crippen molar-refractivity contribution in [2.45, 2.75) is 96.9 Å². The van der Waals surface area contributed by atoms with Crippen LogP contribution in [0.1, 0.15) is 102 Å². The zero-order valence-electron chi connectivity index (χ0n) is 16.7. The molecule has 2 atom stereocenters. The van der Waals surface area contributed by atoms with E-state index in [0.717, 1.165) is 34.5 Å². The van der Waals surface area contributed by atoms with Gasteiger partial charge in [0.2, 0.25) is 0 Å². The maximum Gasteiger partial charge on any atom is 0.164 e. The van der Waals surface area contributed by atoms with Crippen molar-refractivity contribution in [3.63, 3.8) is 0 Å². The molecule has 2 aromatic rings. The van der Waals surface area contributed by atoms with Crippen molar-refractivity contribution in [3.8, 4) is 0 Å². The molecule has 142 valence electrons. The molecule has 26 heavy (non-hydrogen) atoms. The fraction of sp³-hybridized carbons (Fsp3) is 0.773. The summed E-state index contributed by atoms with van der Waals surface area (Å²) in [6.45, 7) is 6.76. The Kier molecular flexibility index (Phi) is 5.28. The average molecular weight is 355 g/mol. The van der Waals surface area contributed by atoms with Gasteiger partial charge in [-0.25, -0.2) is 15.0 Å². The lowest BCUT2D eigenvalue weighted by atomic mass is 9.91. The van der Waals surface area contributed by atoms with Crippen LogP contribution < -0.4 is 0 Å². The first-order chi connectivity index (χ1) is 12.6. The van der Waals surface area contributed by atoms with Gasteiger partial charge in [-0.3, -0.25) is 0 Å². The highest BCUT2D eigenvalue weighted by Gasteiger charge is 2.29. The zero-order valence-corrected chi connectivity index (χ0v) is 16.7. The first-order valence-electron chi connectivity index (χ1n) is 10.8. The summed E-state index contributed by atoms with van der Waals surface area (Å²) < 4.78 is 2.30. The maximum atomic E-state index is 4.82. The predicted molar refractivity (Wildman–Crippen MR) is 106 cm³/mol. The fourth-order valence-corrected chi connectivity index (χ4v) is 4.61. The van der Waals surface area contributed by atoms with Crippen molar-refractivity contribution in [2.75, 3.05) is 0 Å². The quantitative estimate of drug-likeness (QED) is 0.668. The van der Waals surface area contributed by atoms with Crippen LogP contribution in [-0.4, -0.2) is 19.5 Å². The second kappa shape index (κ2) is 7.66. The van der Waals surface area contributed by atoms with E-state index in [0.29, 0.717) is 12.0 Å². The number of rotatable bonds is 2. The van der Waals surface area contributed by atoms with E-state index in [1.165, 1.54) is 64.2 Å². The zero-order chi connectivity index (χ0) is 18.1. The first-order valence-corrected chi connectivity index (χ1v) is 10.8. The molecular formula is C22H34N4. The van der Waals surface area contributed by atoms with Gasteiger partial charge in [0.15, 0.2) is 5.65 Å². The molecule has 0 aromatic carbocycles. The molecule has 0 spiro atoms. The van der Waals surface area contributed by atoms with E-state index < -0.39 is 0 Å². The van der Waals surface area contributed by atoms with Gasteiger partial charge in [0, 0.05) is 12.0 Å². The number of aromatic nitrogens is 4. The van der Waals surface area contributed by atoms with Crippen LogP contribution in [0.5, 0.6) is 0 Å². The molecule has 4 heteroatoms. The molecule has 2 aromatic heterocycles. The second-order valence-corrected chi connectivity index (χ2v) is 9.08. The lowest BCUT2D eigenvalue weighted by Gasteiger charge is -2.15. The minimum Gasteiger partial charge on any atom is -0.312 e. The van der Waals surface area contributed by atoms with E-state index in [4.69, 9.17) is 4.98 Å².